The number of nitrogens with zero attached hydrogens (tertiary/aromatic N) is 10. The first kappa shape index (κ1) is 68.4. The van der Waals surface area contributed by atoms with Gasteiger partial charge in [0.1, 0.15) is 0 Å². The molecule has 456 valence electrons. The first-order valence-electron chi connectivity index (χ1n) is 26.7. The Kier molecular flexibility index (Phi) is 25.9. The predicted molar refractivity (Wildman–Crippen MR) is 356 cm³/mol. The van der Waals surface area contributed by atoms with Gasteiger partial charge in [-0.05, 0) is 98.5 Å². The van der Waals surface area contributed by atoms with E-state index in [1.807, 2.05) is 158 Å². The van der Waals surface area contributed by atoms with Crippen molar-refractivity contribution in [3.05, 3.63) is 338 Å². The SMILES string of the molecule is Cc1cc([N+](=O)[O-])ccc1N=C(c1ccccc1)c1cccc(C(=Nc2ccc([N+](=O)[O-])cc2C)c2ccccc2)n1.Cc1cc([N+](=O)[O-])ccc1N=C(c1ccccc1)c1cccc(C(=Nc2ccc([N+](=O)[O-])cc2C)c2ccccc2)n1.[Br][Fe][Br].[Cl][Fe][Cl]. The Balaban J connectivity index is 0.000000236. The van der Waals surface area contributed by atoms with Crippen molar-refractivity contribution in [2.45, 2.75) is 27.7 Å². The average molecular weight is 1450 g/mol. The summed E-state index contributed by atoms with van der Waals surface area (Å²) in [4.78, 5) is 73.0. The second kappa shape index (κ2) is 34.0. The number of hydrogen-bond donors (Lipinski definition) is 0. The topological polar surface area (TPSA) is 248 Å². The number of nitro groups is 4. The van der Waals surface area contributed by atoms with E-state index < -0.39 is 19.7 Å². The fourth-order valence-electron chi connectivity index (χ4n) is 8.86. The van der Waals surface area contributed by atoms with Crippen molar-refractivity contribution >= 4 is 117 Å². The van der Waals surface area contributed by atoms with E-state index in [2.05, 4.69) is 28.2 Å². The predicted octanol–water partition coefficient (Wildman–Crippen LogP) is 18.8. The molecule has 0 bridgehead atoms. The van der Waals surface area contributed by atoms with Crippen LogP contribution in [0.5, 0.6) is 0 Å². The number of hydrogen-bond acceptors (Lipinski definition) is 14. The summed E-state index contributed by atoms with van der Waals surface area (Å²) in [6.07, 6.45) is 0. The van der Waals surface area contributed by atoms with Gasteiger partial charge in [0.25, 0.3) is 22.7 Å². The monoisotopic (exact) mass is 1450 g/mol. The van der Waals surface area contributed by atoms with Crippen molar-refractivity contribution in [2.24, 2.45) is 20.0 Å². The van der Waals surface area contributed by atoms with Crippen LogP contribution in [0.2, 0.25) is 0 Å². The average Bonchev–Trinajstić information content (AvgIpc) is 2.20. The van der Waals surface area contributed by atoms with E-state index >= 15 is 0 Å². The summed E-state index contributed by atoms with van der Waals surface area (Å²) in [7, 11) is 9.53. The van der Waals surface area contributed by atoms with Gasteiger partial charge in [-0.3, -0.25) is 40.5 Å². The van der Waals surface area contributed by atoms with Crippen molar-refractivity contribution in [3.63, 3.8) is 0 Å². The van der Waals surface area contributed by atoms with Gasteiger partial charge in [0.15, 0.2) is 0 Å². The number of rotatable bonds is 16. The van der Waals surface area contributed by atoms with Gasteiger partial charge >= 0.3 is 72.9 Å². The minimum atomic E-state index is -0.430. The summed E-state index contributed by atoms with van der Waals surface area (Å²) in [5.41, 5.74) is 13.0. The number of aryl methyl sites for hydroxylation is 4. The van der Waals surface area contributed by atoms with Crippen LogP contribution in [0.1, 0.15) is 67.3 Å². The number of aromatic nitrogens is 2. The first-order chi connectivity index (χ1) is 43.4. The zero-order valence-electron chi connectivity index (χ0n) is 47.9. The van der Waals surface area contributed by atoms with Crippen LogP contribution < -0.4 is 0 Å². The molecule has 0 N–H and O–H groups in total. The fourth-order valence-corrected chi connectivity index (χ4v) is 8.86. The maximum atomic E-state index is 11.3. The van der Waals surface area contributed by atoms with Crippen LogP contribution in [-0.4, -0.2) is 52.5 Å². The third-order valence-corrected chi connectivity index (χ3v) is 13.2. The first-order valence-corrected chi connectivity index (χ1v) is 35.2. The van der Waals surface area contributed by atoms with Crippen LogP contribution in [0.4, 0.5) is 45.5 Å². The molecule has 0 saturated carbocycles. The van der Waals surface area contributed by atoms with E-state index in [-0.39, 0.29) is 35.9 Å². The Labute approximate surface area is 552 Å². The van der Waals surface area contributed by atoms with Gasteiger partial charge in [-0.25, -0.2) is 29.9 Å². The minimum absolute atomic E-state index is 0.00177. The Morgan fingerprint density at radius 3 is 0.700 bits per heavy atom. The van der Waals surface area contributed by atoms with Crippen molar-refractivity contribution in [1.82, 2.24) is 9.97 Å². The van der Waals surface area contributed by atoms with E-state index in [0.717, 1.165) is 33.6 Å². The van der Waals surface area contributed by atoms with E-state index in [9.17, 15) is 40.5 Å². The number of halogens is 4. The van der Waals surface area contributed by atoms with Gasteiger partial charge in [-0.1, -0.05) is 133 Å². The second-order valence-corrected chi connectivity index (χ2v) is 26.5. The molecule has 0 radical (unpaired) electrons. The molecule has 24 heteroatoms. The summed E-state index contributed by atoms with van der Waals surface area (Å²) in [5.74, 6) is 0. The molecule has 0 atom stereocenters. The molecular formula is C66H50Br2Cl2Fe2N10O8. The third-order valence-electron chi connectivity index (χ3n) is 13.2. The van der Waals surface area contributed by atoms with Crippen LogP contribution in [0.3, 0.4) is 0 Å². The molecule has 0 aliphatic carbocycles. The molecule has 2 aromatic heterocycles. The van der Waals surface area contributed by atoms with Gasteiger partial charge in [0, 0.05) is 70.8 Å². The third kappa shape index (κ3) is 19.0. The quantitative estimate of drug-likeness (QED) is 0.0383. The molecule has 0 spiro atoms. The summed E-state index contributed by atoms with van der Waals surface area (Å²) < 4.78 is 0. The van der Waals surface area contributed by atoms with Gasteiger partial charge in [0.05, 0.1) is 88.1 Å². The van der Waals surface area contributed by atoms with E-state index in [1.165, 1.54) is 48.5 Å². The summed E-state index contributed by atoms with van der Waals surface area (Å²) in [5, 5.41) is 45.1. The maximum absolute atomic E-state index is 11.3. The van der Waals surface area contributed by atoms with E-state index in [4.69, 9.17) is 50.1 Å². The van der Waals surface area contributed by atoms with Crippen molar-refractivity contribution in [3.8, 4) is 0 Å². The van der Waals surface area contributed by atoms with Gasteiger partial charge < -0.3 is 0 Å². The van der Waals surface area contributed by atoms with Crippen molar-refractivity contribution in [1.29, 1.82) is 0 Å². The molecular weight excluding hydrogens is 1400 g/mol. The van der Waals surface area contributed by atoms with E-state index in [0.29, 0.717) is 90.6 Å². The Morgan fingerprint density at radius 2 is 0.533 bits per heavy atom. The van der Waals surface area contributed by atoms with E-state index in [1.54, 1.807) is 52.0 Å². The number of nitro benzene ring substituents is 4. The van der Waals surface area contributed by atoms with Gasteiger partial charge in [-0.2, -0.15) is 0 Å². The summed E-state index contributed by atoms with van der Waals surface area (Å²) in [6, 6.07) is 67.8. The van der Waals surface area contributed by atoms with Gasteiger partial charge in [-0.15, -0.1) is 0 Å². The Morgan fingerprint density at radius 1 is 0.344 bits per heavy atom. The van der Waals surface area contributed by atoms with Crippen LogP contribution in [0.15, 0.2) is 250 Å². The number of aliphatic imine (C=N–C) groups is 4. The number of benzene rings is 8. The second-order valence-electron chi connectivity index (χ2n) is 19.1. The molecule has 10 aromatic rings. The number of pyridine rings is 2. The summed E-state index contributed by atoms with van der Waals surface area (Å²) >= 11 is 7.19. The van der Waals surface area contributed by atoms with Crippen LogP contribution in [0, 0.1) is 68.2 Å². The normalized spacial score (nSPS) is 11.5. The molecule has 0 saturated heterocycles. The molecule has 8 aromatic carbocycles. The van der Waals surface area contributed by atoms with Crippen molar-refractivity contribution in [2.75, 3.05) is 0 Å². The molecule has 2 heterocycles. The molecule has 0 unspecified atom stereocenters. The fraction of sp³-hybridized carbons (Fsp3) is 0.0606. The molecule has 10 rings (SSSR count). The van der Waals surface area contributed by atoms with Crippen LogP contribution in [-0.2, 0) is 24.5 Å². The molecule has 0 amide bonds. The molecule has 0 aliphatic heterocycles. The van der Waals surface area contributed by atoms with Crippen LogP contribution >= 0.6 is 48.4 Å². The standard InChI is InChI=1S/2C33H25N5O4.2BrH.2ClH.2Fe/c2*1-22-20-26(37(39)40)16-18-28(22)35-32(24-10-5-3-6-11-24)30-14-9-15-31(34-30)33(25-12-7-4-8-13-25)36-29-19-17-27(38(41)42)21-23(29)2;;;;;;/h2*3-21H,1-2H3;4*1H;;/q;;;;;;2*+2/p-4. The zero-order chi connectivity index (χ0) is 64.7. The molecule has 18 nitrogen and oxygen atoms in total. The number of non-ortho nitro benzene ring substituents is 4. The molecule has 0 aliphatic rings. The van der Waals surface area contributed by atoms with Crippen molar-refractivity contribution < 1.29 is 44.2 Å². The zero-order valence-corrected chi connectivity index (χ0v) is 54.8. The molecule has 90 heavy (non-hydrogen) atoms. The summed E-state index contributed by atoms with van der Waals surface area (Å²) in [6.45, 7) is 7.13. The Bertz CT molecular complexity index is 3790. The van der Waals surface area contributed by atoms with Gasteiger partial charge in [0.2, 0.25) is 0 Å². The molecule has 0 fully saturated rings. The van der Waals surface area contributed by atoms with Crippen LogP contribution in [0.25, 0.3) is 0 Å². The Hall–Kier alpha value is -9.08.